The molecule has 0 spiro atoms. The Morgan fingerprint density at radius 2 is 2.07 bits per heavy atom. The second-order valence-corrected chi connectivity index (χ2v) is 4.46. The highest BCUT2D eigenvalue weighted by Crippen LogP contribution is 2.25. The predicted octanol–water partition coefficient (Wildman–Crippen LogP) is 1.36. The van der Waals surface area contributed by atoms with Crippen molar-refractivity contribution in [3.63, 3.8) is 0 Å². The Morgan fingerprint density at radius 1 is 1.47 bits per heavy atom. The summed E-state index contributed by atoms with van der Waals surface area (Å²) in [6, 6.07) is 3.66. The van der Waals surface area contributed by atoms with Gasteiger partial charge in [0.1, 0.15) is 4.90 Å². The van der Waals surface area contributed by atoms with E-state index < -0.39 is 26.5 Å². The fourth-order valence-electron chi connectivity index (χ4n) is 1.02. The van der Waals surface area contributed by atoms with Crippen LogP contribution >= 0.6 is 11.6 Å². The third kappa shape index (κ3) is 2.88. The number of halogens is 1. The largest absolute Gasteiger partial charge is 0.296 e. The standard InChI is InChI=1S/C7H6ClNO5S/c8-7-5(4-9(10)11)2-1-3-6(7)15(12,13)14/h1-3H,4H2,(H,12,13,14). The van der Waals surface area contributed by atoms with Crippen molar-refractivity contribution in [3.05, 3.63) is 38.9 Å². The summed E-state index contributed by atoms with van der Waals surface area (Å²) >= 11 is 5.59. The van der Waals surface area contributed by atoms with Crippen molar-refractivity contribution in [2.24, 2.45) is 0 Å². The van der Waals surface area contributed by atoms with Crippen LogP contribution in [0.25, 0.3) is 0 Å². The first-order chi connectivity index (χ1) is 6.82. The lowest BCUT2D eigenvalue weighted by atomic mass is 10.2. The molecule has 1 aromatic carbocycles. The van der Waals surface area contributed by atoms with Crippen LogP contribution in [0.5, 0.6) is 0 Å². The molecule has 0 radical (unpaired) electrons. The van der Waals surface area contributed by atoms with E-state index in [1.165, 1.54) is 12.1 Å². The molecular formula is C7H6ClNO5S. The molecule has 6 nitrogen and oxygen atoms in total. The van der Waals surface area contributed by atoms with E-state index in [1.807, 2.05) is 0 Å². The van der Waals surface area contributed by atoms with E-state index in [0.717, 1.165) is 6.07 Å². The zero-order valence-corrected chi connectivity index (χ0v) is 8.83. The average molecular weight is 252 g/mol. The van der Waals surface area contributed by atoms with E-state index in [1.54, 1.807) is 0 Å². The average Bonchev–Trinajstić information content (AvgIpc) is 2.05. The van der Waals surface area contributed by atoms with Crippen molar-refractivity contribution in [1.82, 2.24) is 0 Å². The molecule has 1 aromatic rings. The number of hydrogen-bond acceptors (Lipinski definition) is 4. The van der Waals surface area contributed by atoms with Crippen LogP contribution in [0.15, 0.2) is 23.1 Å². The van der Waals surface area contributed by atoms with Gasteiger partial charge in [0.15, 0.2) is 0 Å². The minimum atomic E-state index is -4.45. The van der Waals surface area contributed by atoms with Crippen LogP contribution in [0.1, 0.15) is 5.56 Å². The van der Waals surface area contributed by atoms with Crippen molar-refractivity contribution in [1.29, 1.82) is 0 Å². The van der Waals surface area contributed by atoms with Gasteiger partial charge >= 0.3 is 0 Å². The smallest absolute Gasteiger partial charge is 0.282 e. The first-order valence-corrected chi connectivity index (χ1v) is 5.51. The molecule has 1 N–H and O–H groups in total. The summed E-state index contributed by atoms with van der Waals surface area (Å²) in [4.78, 5) is 9.05. The summed E-state index contributed by atoms with van der Waals surface area (Å²) < 4.78 is 30.3. The van der Waals surface area contributed by atoms with E-state index in [-0.39, 0.29) is 10.6 Å². The zero-order valence-electron chi connectivity index (χ0n) is 7.25. The summed E-state index contributed by atoms with van der Waals surface area (Å²) in [5.74, 6) is 0. The van der Waals surface area contributed by atoms with Crippen molar-refractivity contribution < 1.29 is 17.9 Å². The van der Waals surface area contributed by atoms with Gasteiger partial charge in [-0.25, -0.2) is 0 Å². The van der Waals surface area contributed by atoms with Gasteiger partial charge in [0.2, 0.25) is 6.54 Å². The van der Waals surface area contributed by atoms with Crippen molar-refractivity contribution in [2.75, 3.05) is 0 Å². The van der Waals surface area contributed by atoms with Crippen molar-refractivity contribution >= 4 is 21.7 Å². The maximum absolute atomic E-state index is 10.8. The Bertz CT molecular complexity index is 498. The number of nitrogens with zero attached hydrogens (tertiary/aromatic N) is 1. The van der Waals surface area contributed by atoms with E-state index >= 15 is 0 Å². The Labute approximate surface area is 90.4 Å². The van der Waals surface area contributed by atoms with Crippen LogP contribution in [0, 0.1) is 10.1 Å². The Morgan fingerprint density at radius 3 is 2.53 bits per heavy atom. The monoisotopic (exact) mass is 251 g/mol. The Balaban J connectivity index is 3.30. The normalized spacial score (nSPS) is 11.3. The molecule has 0 saturated heterocycles. The molecule has 0 bridgehead atoms. The van der Waals surface area contributed by atoms with Crippen LogP contribution in [0.4, 0.5) is 0 Å². The van der Waals surface area contributed by atoms with Crippen LogP contribution in [0.2, 0.25) is 5.02 Å². The summed E-state index contributed by atoms with van der Waals surface area (Å²) in [6.45, 7) is -0.595. The molecule has 15 heavy (non-hydrogen) atoms. The highest BCUT2D eigenvalue weighted by molar-refractivity contribution is 7.86. The number of hydrogen-bond donors (Lipinski definition) is 1. The molecule has 82 valence electrons. The van der Waals surface area contributed by atoms with Crippen LogP contribution in [-0.4, -0.2) is 17.9 Å². The Kier molecular flexibility index (Phi) is 3.28. The van der Waals surface area contributed by atoms with Crippen LogP contribution in [0.3, 0.4) is 0 Å². The van der Waals surface area contributed by atoms with Crippen molar-refractivity contribution in [3.8, 4) is 0 Å². The van der Waals surface area contributed by atoms with Gasteiger partial charge in [-0.2, -0.15) is 8.42 Å². The van der Waals surface area contributed by atoms with Gasteiger partial charge < -0.3 is 0 Å². The minimum absolute atomic E-state index is 0.0387. The van der Waals surface area contributed by atoms with Gasteiger partial charge in [-0.1, -0.05) is 23.7 Å². The molecule has 8 heteroatoms. The van der Waals surface area contributed by atoms with E-state index in [4.69, 9.17) is 16.2 Å². The zero-order chi connectivity index (χ0) is 11.6. The van der Waals surface area contributed by atoms with Gasteiger partial charge in [0, 0.05) is 10.5 Å². The summed E-state index contributed by atoms with van der Waals surface area (Å²) in [7, 11) is -4.45. The van der Waals surface area contributed by atoms with Gasteiger partial charge in [-0.15, -0.1) is 0 Å². The molecule has 0 aliphatic carbocycles. The van der Waals surface area contributed by atoms with Gasteiger partial charge in [0.25, 0.3) is 10.1 Å². The predicted molar refractivity (Wildman–Crippen MR) is 52.0 cm³/mol. The molecule has 0 saturated carbocycles. The maximum atomic E-state index is 10.8. The summed E-state index contributed by atoms with van der Waals surface area (Å²) in [5.41, 5.74) is 0.0387. The third-order valence-electron chi connectivity index (χ3n) is 1.62. The van der Waals surface area contributed by atoms with Gasteiger partial charge in [-0.05, 0) is 6.07 Å². The molecule has 0 atom stereocenters. The van der Waals surface area contributed by atoms with E-state index in [2.05, 4.69) is 0 Å². The molecule has 1 rings (SSSR count). The first-order valence-electron chi connectivity index (χ1n) is 3.69. The topological polar surface area (TPSA) is 97.5 Å². The highest BCUT2D eigenvalue weighted by Gasteiger charge is 2.18. The molecule has 0 aromatic heterocycles. The number of nitro groups is 1. The maximum Gasteiger partial charge on any atom is 0.296 e. The van der Waals surface area contributed by atoms with E-state index in [9.17, 15) is 18.5 Å². The fraction of sp³-hybridized carbons (Fsp3) is 0.143. The third-order valence-corrected chi connectivity index (χ3v) is 3.08. The fourth-order valence-corrected chi connectivity index (χ4v) is 2.10. The molecule has 0 heterocycles. The van der Waals surface area contributed by atoms with E-state index in [0.29, 0.717) is 0 Å². The minimum Gasteiger partial charge on any atom is -0.282 e. The lowest BCUT2D eigenvalue weighted by molar-refractivity contribution is -0.496. The van der Waals surface area contributed by atoms with Crippen molar-refractivity contribution in [2.45, 2.75) is 11.4 Å². The lowest BCUT2D eigenvalue weighted by Crippen LogP contribution is -2.04. The quantitative estimate of drug-likeness (QED) is 0.497. The summed E-state index contributed by atoms with van der Waals surface area (Å²) in [6.07, 6.45) is 0. The second kappa shape index (κ2) is 4.13. The Hall–Kier alpha value is -1.18. The molecule has 0 aliphatic rings. The first kappa shape index (κ1) is 11.9. The molecule has 0 amide bonds. The van der Waals surface area contributed by atoms with Crippen LogP contribution in [-0.2, 0) is 16.7 Å². The lowest BCUT2D eigenvalue weighted by Gasteiger charge is -2.03. The summed E-state index contributed by atoms with van der Waals surface area (Å²) in [5, 5.41) is 9.89. The molecule has 0 fully saturated rings. The molecule has 0 unspecified atom stereocenters. The van der Waals surface area contributed by atoms with Gasteiger partial charge in [0.05, 0.1) is 5.02 Å². The molecular weight excluding hydrogens is 246 g/mol. The van der Waals surface area contributed by atoms with Gasteiger partial charge in [-0.3, -0.25) is 14.7 Å². The SMILES string of the molecule is O=[N+]([O-])Cc1cccc(S(=O)(=O)O)c1Cl. The number of rotatable bonds is 3. The number of benzene rings is 1. The second-order valence-electron chi connectivity index (χ2n) is 2.70. The van der Waals surface area contributed by atoms with Crippen LogP contribution < -0.4 is 0 Å². The molecule has 0 aliphatic heterocycles. The highest BCUT2D eigenvalue weighted by atomic mass is 35.5.